The Balaban J connectivity index is 2.71. The van der Waals surface area contributed by atoms with Crippen molar-refractivity contribution in [1.82, 2.24) is 4.90 Å². The Hall–Kier alpha value is -0.820. The van der Waals surface area contributed by atoms with E-state index in [1.165, 1.54) is 0 Å². The van der Waals surface area contributed by atoms with E-state index in [1.54, 1.807) is 0 Å². The van der Waals surface area contributed by atoms with Crippen LogP contribution in [0, 0.1) is 11.8 Å². The average Bonchev–Trinajstić information content (AvgIpc) is 2.59. The van der Waals surface area contributed by atoms with E-state index in [2.05, 4.69) is 0 Å². The summed E-state index contributed by atoms with van der Waals surface area (Å²) < 4.78 is 37.4. The van der Waals surface area contributed by atoms with Gasteiger partial charge < -0.3 is 15.7 Å². The lowest BCUT2D eigenvalue weighted by Gasteiger charge is -2.18. The summed E-state index contributed by atoms with van der Waals surface area (Å²) in [6.07, 6.45) is -4.38. The number of hydrogen-bond acceptors (Lipinski definition) is 3. The van der Waals surface area contributed by atoms with Gasteiger partial charge in [0.15, 0.2) is 0 Å². The summed E-state index contributed by atoms with van der Waals surface area (Å²) in [4.78, 5) is 12.2. The van der Waals surface area contributed by atoms with Crippen LogP contribution in [0.3, 0.4) is 0 Å². The average molecular weight is 226 g/mol. The van der Waals surface area contributed by atoms with Crippen LogP contribution in [-0.2, 0) is 4.79 Å². The summed E-state index contributed by atoms with van der Waals surface area (Å²) in [6.45, 7) is -1.34. The highest BCUT2D eigenvalue weighted by atomic mass is 19.4. The molecule has 0 radical (unpaired) electrons. The third-order valence-corrected chi connectivity index (χ3v) is 2.62. The first-order chi connectivity index (χ1) is 6.90. The molecule has 1 amide bonds. The van der Waals surface area contributed by atoms with Gasteiger partial charge in [0, 0.05) is 25.6 Å². The molecule has 2 atom stereocenters. The van der Waals surface area contributed by atoms with Crippen molar-refractivity contribution in [3.05, 3.63) is 0 Å². The number of nitrogens with zero attached hydrogens (tertiary/aromatic N) is 1. The molecule has 0 aromatic rings. The number of aliphatic hydroxyl groups excluding tert-OH is 1. The highest BCUT2D eigenvalue weighted by molar-refractivity contribution is 5.78. The van der Waals surface area contributed by atoms with Crippen LogP contribution in [0.4, 0.5) is 13.2 Å². The second-order valence-corrected chi connectivity index (χ2v) is 3.59. The van der Waals surface area contributed by atoms with Crippen LogP contribution in [0.1, 0.15) is 0 Å². The summed E-state index contributed by atoms with van der Waals surface area (Å²) in [5.41, 5.74) is 5.06. The Morgan fingerprint density at radius 1 is 1.47 bits per heavy atom. The quantitative estimate of drug-likeness (QED) is 0.671. The molecule has 3 N–H and O–H groups in total. The van der Waals surface area contributed by atoms with Gasteiger partial charge in [0.1, 0.15) is 0 Å². The predicted octanol–water partition coefficient (Wildman–Crippen LogP) is -0.426. The van der Waals surface area contributed by atoms with Crippen LogP contribution in [0.2, 0.25) is 0 Å². The maximum atomic E-state index is 12.5. The molecule has 0 aromatic heterocycles. The zero-order chi connectivity index (χ0) is 11.6. The van der Waals surface area contributed by atoms with E-state index in [0.29, 0.717) is 0 Å². The standard InChI is InChI=1S/C8H13F3N2O2/c9-8(10,11)6-3-13(7(15)1-12)2-5(6)4-14/h5-6,14H,1-4,12H2/t5-,6+/m0/s1. The van der Waals surface area contributed by atoms with Crippen molar-refractivity contribution in [1.29, 1.82) is 0 Å². The van der Waals surface area contributed by atoms with Gasteiger partial charge in [0.25, 0.3) is 0 Å². The lowest BCUT2D eigenvalue weighted by molar-refractivity contribution is -0.183. The smallest absolute Gasteiger partial charge is 0.393 e. The minimum atomic E-state index is -4.38. The lowest BCUT2D eigenvalue weighted by Crippen LogP contribution is -2.35. The minimum Gasteiger partial charge on any atom is -0.396 e. The van der Waals surface area contributed by atoms with Crippen LogP contribution in [-0.4, -0.2) is 48.3 Å². The molecular weight excluding hydrogens is 213 g/mol. The van der Waals surface area contributed by atoms with Crippen LogP contribution >= 0.6 is 0 Å². The SMILES string of the molecule is NCC(=O)N1C[C@@H](CO)[C@H](C(F)(F)F)C1. The highest BCUT2D eigenvalue weighted by Crippen LogP contribution is 2.37. The number of likely N-dealkylation sites (tertiary alicyclic amines) is 1. The fourth-order valence-electron chi connectivity index (χ4n) is 1.76. The third kappa shape index (κ3) is 2.60. The van der Waals surface area contributed by atoms with Crippen molar-refractivity contribution >= 4 is 5.91 Å². The van der Waals surface area contributed by atoms with E-state index < -0.39 is 37.1 Å². The van der Waals surface area contributed by atoms with Gasteiger partial charge in [-0.1, -0.05) is 0 Å². The molecule has 0 spiro atoms. The van der Waals surface area contributed by atoms with Gasteiger partial charge in [-0.05, 0) is 0 Å². The number of alkyl halides is 3. The first-order valence-corrected chi connectivity index (χ1v) is 4.55. The largest absolute Gasteiger partial charge is 0.396 e. The van der Waals surface area contributed by atoms with Gasteiger partial charge in [-0.2, -0.15) is 13.2 Å². The summed E-state index contributed by atoms with van der Waals surface area (Å²) in [5.74, 6) is -3.08. The Morgan fingerprint density at radius 3 is 2.40 bits per heavy atom. The van der Waals surface area contributed by atoms with E-state index in [-0.39, 0.29) is 13.1 Å². The number of carbonyl (C=O) groups is 1. The second-order valence-electron chi connectivity index (χ2n) is 3.59. The molecule has 1 aliphatic rings. The van der Waals surface area contributed by atoms with Gasteiger partial charge >= 0.3 is 6.18 Å². The van der Waals surface area contributed by atoms with Crippen molar-refractivity contribution in [2.24, 2.45) is 17.6 Å². The van der Waals surface area contributed by atoms with Crippen molar-refractivity contribution < 1.29 is 23.1 Å². The molecule has 1 saturated heterocycles. The van der Waals surface area contributed by atoms with Gasteiger partial charge in [0.05, 0.1) is 12.5 Å². The zero-order valence-corrected chi connectivity index (χ0v) is 8.00. The fraction of sp³-hybridized carbons (Fsp3) is 0.875. The van der Waals surface area contributed by atoms with Crippen molar-refractivity contribution in [3.8, 4) is 0 Å². The summed E-state index contributed by atoms with van der Waals surface area (Å²) in [7, 11) is 0. The van der Waals surface area contributed by atoms with E-state index >= 15 is 0 Å². The number of hydrogen-bond donors (Lipinski definition) is 2. The molecule has 1 fully saturated rings. The number of rotatable bonds is 2. The third-order valence-electron chi connectivity index (χ3n) is 2.62. The predicted molar refractivity (Wildman–Crippen MR) is 45.8 cm³/mol. The molecule has 88 valence electrons. The zero-order valence-electron chi connectivity index (χ0n) is 8.00. The first kappa shape index (κ1) is 12.3. The molecule has 4 nitrogen and oxygen atoms in total. The molecule has 1 heterocycles. The first-order valence-electron chi connectivity index (χ1n) is 4.55. The van der Waals surface area contributed by atoms with Gasteiger partial charge in [-0.15, -0.1) is 0 Å². The molecule has 0 aliphatic carbocycles. The van der Waals surface area contributed by atoms with Crippen LogP contribution in [0.5, 0.6) is 0 Å². The molecule has 7 heteroatoms. The van der Waals surface area contributed by atoms with E-state index in [4.69, 9.17) is 10.8 Å². The molecule has 0 saturated carbocycles. The minimum absolute atomic E-state index is 0.0727. The Kier molecular flexibility index (Phi) is 3.56. The molecule has 1 rings (SSSR count). The summed E-state index contributed by atoms with van der Waals surface area (Å²) >= 11 is 0. The van der Waals surface area contributed by atoms with Crippen LogP contribution < -0.4 is 5.73 Å². The molecular formula is C8H13F3N2O2. The number of aliphatic hydroxyl groups is 1. The van der Waals surface area contributed by atoms with Gasteiger partial charge in [-0.25, -0.2) is 0 Å². The summed E-state index contributed by atoms with van der Waals surface area (Å²) in [5, 5.41) is 8.80. The maximum absolute atomic E-state index is 12.5. The Bertz CT molecular complexity index is 245. The molecule has 0 bridgehead atoms. The monoisotopic (exact) mass is 226 g/mol. The summed E-state index contributed by atoms with van der Waals surface area (Å²) in [6, 6.07) is 0. The number of halogens is 3. The van der Waals surface area contributed by atoms with Gasteiger partial charge in [-0.3, -0.25) is 4.79 Å². The molecule has 0 aromatic carbocycles. The van der Waals surface area contributed by atoms with Crippen LogP contribution in [0.25, 0.3) is 0 Å². The molecule has 0 unspecified atom stereocenters. The van der Waals surface area contributed by atoms with Crippen LogP contribution in [0.15, 0.2) is 0 Å². The maximum Gasteiger partial charge on any atom is 0.393 e. The van der Waals surface area contributed by atoms with E-state index in [0.717, 1.165) is 4.90 Å². The number of amides is 1. The van der Waals surface area contributed by atoms with E-state index in [9.17, 15) is 18.0 Å². The lowest BCUT2D eigenvalue weighted by atomic mass is 9.97. The second kappa shape index (κ2) is 4.36. The molecule has 15 heavy (non-hydrogen) atoms. The fourth-order valence-corrected chi connectivity index (χ4v) is 1.76. The number of nitrogens with two attached hydrogens (primary N) is 1. The van der Waals surface area contributed by atoms with E-state index in [1.807, 2.05) is 0 Å². The van der Waals surface area contributed by atoms with Crippen molar-refractivity contribution in [3.63, 3.8) is 0 Å². The van der Waals surface area contributed by atoms with Crippen molar-refractivity contribution in [2.75, 3.05) is 26.2 Å². The molecule has 1 aliphatic heterocycles. The normalized spacial score (nSPS) is 27.1. The topological polar surface area (TPSA) is 66.6 Å². The van der Waals surface area contributed by atoms with Gasteiger partial charge in [0.2, 0.25) is 5.91 Å². The highest BCUT2D eigenvalue weighted by Gasteiger charge is 2.50. The van der Waals surface area contributed by atoms with Crippen molar-refractivity contribution in [2.45, 2.75) is 6.18 Å². The Morgan fingerprint density at radius 2 is 2.07 bits per heavy atom. The Labute approximate surface area is 84.8 Å². The number of carbonyl (C=O) groups excluding carboxylic acids is 1.